The van der Waals surface area contributed by atoms with Crippen molar-refractivity contribution in [3.63, 3.8) is 0 Å². The summed E-state index contributed by atoms with van der Waals surface area (Å²) in [5, 5.41) is 12.6. The fraction of sp³-hybridized carbons (Fsp3) is 0.467. The molecule has 0 saturated heterocycles. The number of carboxylic acid groups (broad SMARTS) is 1. The maximum atomic E-state index is 12.5. The lowest BCUT2D eigenvalue weighted by Gasteiger charge is -2.39. The quantitative estimate of drug-likeness (QED) is 0.844. The average Bonchev–Trinajstić information content (AvgIpc) is 2.43. The van der Waals surface area contributed by atoms with Gasteiger partial charge >= 0.3 is 5.97 Å². The van der Waals surface area contributed by atoms with Crippen molar-refractivity contribution >= 4 is 39.4 Å². The number of carbonyl (C=O) groups excluding carboxylic acids is 1. The molecule has 2 rings (SSSR count). The van der Waals surface area contributed by atoms with Gasteiger partial charge in [-0.2, -0.15) is 0 Å². The van der Waals surface area contributed by atoms with Crippen molar-refractivity contribution in [3.05, 3.63) is 33.3 Å². The van der Waals surface area contributed by atoms with Crippen molar-refractivity contribution in [1.29, 1.82) is 0 Å². The summed E-state index contributed by atoms with van der Waals surface area (Å²) < 4.78 is 0.720. The Hall–Kier alpha value is -1.07. The molecule has 1 aliphatic rings. The zero-order chi connectivity index (χ0) is 15.6. The average molecular weight is 375 g/mol. The first-order valence-electron chi connectivity index (χ1n) is 6.88. The molecule has 0 aliphatic heterocycles. The van der Waals surface area contributed by atoms with Gasteiger partial charge in [-0.05, 0) is 37.0 Å². The van der Waals surface area contributed by atoms with Gasteiger partial charge in [0.15, 0.2) is 0 Å². The highest BCUT2D eigenvalue weighted by Gasteiger charge is 2.46. The summed E-state index contributed by atoms with van der Waals surface area (Å²) in [6.45, 7) is 1.87. The molecule has 1 fully saturated rings. The van der Waals surface area contributed by atoms with Crippen LogP contribution in [0.5, 0.6) is 0 Å². The van der Waals surface area contributed by atoms with Gasteiger partial charge in [0.2, 0.25) is 0 Å². The normalized spacial score (nSPS) is 25.4. The molecule has 114 valence electrons. The Morgan fingerprint density at radius 1 is 1.43 bits per heavy atom. The Bertz CT molecular complexity index is 578. The van der Waals surface area contributed by atoms with Crippen LogP contribution in [-0.4, -0.2) is 22.5 Å². The van der Waals surface area contributed by atoms with Crippen LogP contribution in [0.4, 0.5) is 0 Å². The first-order valence-corrected chi connectivity index (χ1v) is 8.05. The van der Waals surface area contributed by atoms with Crippen molar-refractivity contribution in [2.75, 3.05) is 0 Å². The van der Waals surface area contributed by atoms with Crippen molar-refractivity contribution in [1.82, 2.24) is 5.32 Å². The monoisotopic (exact) mass is 373 g/mol. The molecule has 1 amide bonds. The molecule has 0 radical (unpaired) electrons. The van der Waals surface area contributed by atoms with Gasteiger partial charge in [-0.3, -0.25) is 4.79 Å². The Morgan fingerprint density at radius 2 is 2.14 bits per heavy atom. The Kier molecular flexibility index (Phi) is 4.94. The molecule has 2 unspecified atom stereocenters. The fourth-order valence-electron chi connectivity index (χ4n) is 2.85. The predicted molar refractivity (Wildman–Crippen MR) is 84.6 cm³/mol. The van der Waals surface area contributed by atoms with E-state index in [2.05, 4.69) is 21.2 Å². The molecule has 0 heterocycles. The number of carbonyl (C=O) groups is 2. The molecule has 0 spiro atoms. The molecule has 21 heavy (non-hydrogen) atoms. The molecular weight excluding hydrogens is 358 g/mol. The second-order valence-corrected chi connectivity index (χ2v) is 6.82. The van der Waals surface area contributed by atoms with Crippen molar-refractivity contribution in [3.8, 4) is 0 Å². The summed E-state index contributed by atoms with van der Waals surface area (Å²) in [5.41, 5.74) is -0.925. The lowest BCUT2D eigenvalue weighted by molar-refractivity contribution is -0.148. The minimum atomic E-state index is -1.21. The van der Waals surface area contributed by atoms with Crippen LogP contribution >= 0.6 is 27.5 Å². The van der Waals surface area contributed by atoms with E-state index in [1.165, 1.54) is 0 Å². The van der Waals surface area contributed by atoms with Crippen LogP contribution in [0, 0.1) is 5.92 Å². The molecule has 0 aromatic heterocycles. The molecule has 2 N–H and O–H groups in total. The highest BCUT2D eigenvalue weighted by Crippen LogP contribution is 2.34. The molecule has 1 aromatic carbocycles. The minimum absolute atomic E-state index is 0.112. The summed E-state index contributed by atoms with van der Waals surface area (Å²) in [6.07, 6.45) is 3.02. The topological polar surface area (TPSA) is 66.4 Å². The van der Waals surface area contributed by atoms with Gasteiger partial charge in [0.25, 0.3) is 5.91 Å². The second kappa shape index (κ2) is 6.36. The maximum Gasteiger partial charge on any atom is 0.329 e. The van der Waals surface area contributed by atoms with Gasteiger partial charge in [0, 0.05) is 4.47 Å². The number of benzene rings is 1. The minimum Gasteiger partial charge on any atom is -0.479 e. The number of carboxylic acids is 1. The summed E-state index contributed by atoms with van der Waals surface area (Å²) in [7, 11) is 0. The van der Waals surface area contributed by atoms with Crippen LogP contribution in [0.1, 0.15) is 43.0 Å². The standard InChI is InChI=1S/C15H17BrClNO3/c1-9-4-2-3-7-15(9,14(20)21)18-13(19)11-8-10(16)5-6-12(11)17/h5-6,8-9H,2-4,7H2,1H3,(H,18,19)(H,20,21). The summed E-state index contributed by atoms with van der Waals surface area (Å²) in [4.78, 5) is 24.2. The number of rotatable bonds is 3. The lowest BCUT2D eigenvalue weighted by Crippen LogP contribution is -2.60. The van der Waals surface area contributed by atoms with Crippen LogP contribution in [0.3, 0.4) is 0 Å². The van der Waals surface area contributed by atoms with Crippen LogP contribution in [0.15, 0.2) is 22.7 Å². The molecule has 0 bridgehead atoms. The van der Waals surface area contributed by atoms with Crippen LogP contribution in [0.2, 0.25) is 5.02 Å². The highest BCUT2D eigenvalue weighted by atomic mass is 79.9. The van der Waals surface area contributed by atoms with Crippen LogP contribution in [-0.2, 0) is 4.79 Å². The Morgan fingerprint density at radius 3 is 2.76 bits per heavy atom. The van der Waals surface area contributed by atoms with Gasteiger partial charge in [-0.15, -0.1) is 0 Å². The van der Waals surface area contributed by atoms with E-state index in [-0.39, 0.29) is 11.5 Å². The van der Waals surface area contributed by atoms with Crippen LogP contribution < -0.4 is 5.32 Å². The van der Waals surface area contributed by atoms with E-state index in [1.807, 2.05) is 6.92 Å². The lowest BCUT2D eigenvalue weighted by atomic mass is 9.73. The molecule has 4 nitrogen and oxygen atoms in total. The van der Waals surface area contributed by atoms with E-state index in [0.717, 1.165) is 23.7 Å². The molecular formula is C15H17BrClNO3. The van der Waals surface area contributed by atoms with Gasteiger partial charge in [-0.1, -0.05) is 47.3 Å². The number of hydrogen-bond donors (Lipinski definition) is 2. The van der Waals surface area contributed by atoms with Crippen molar-refractivity contribution in [2.45, 2.75) is 38.1 Å². The Balaban J connectivity index is 2.31. The third kappa shape index (κ3) is 3.24. The zero-order valence-corrected chi connectivity index (χ0v) is 14.0. The molecule has 1 saturated carbocycles. The van der Waals surface area contributed by atoms with E-state index in [1.54, 1.807) is 18.2 Å². The molecule has 1 aliphatic carbocycles. The summed E-state index contributed by atoms with van der Waals surface area (Å²) in [5.74, 6) is -1.54. The predicted octanol–water partition coefficient (Wildman–Crippen LogP) is 3.87. The van der Waals surface area contributed by atoms with Gasteiger partial charge in [0.1, 0.15) is 5.54 Å². The summed E-state index contributed by atoms with van der Waals surface area (Å²) in [6, 6.07) is 4.94. The fourth-order valence-corrected chi connectivity index (χ4v) is 3.41. The van der Waals surface area contributed by atoms with E-state index >= 15 is 0 Å². The van der Waals surface area contributed by atoms with E-state index in [0.29, 0.717) is 11.4 Å². The Labute approximate surface area is 137 Å². The number of aliphatic carboxylic acids is 1. The number of halogens is 2. The number of amides is 1. The van der Waals surface area contributed by atoms with Crippen molar-refractivity contribution in [2.24, 2.45) is 5.92 Å². The van der Waals surface area contributed by atoms with E-state index in [4.69, 9.17) is 11.6 Å². The van der Waals surface area contributed by atoms with Gasteiger partial charge < -0.3 is 10.4 Å². The molecule has 2 atom stereocenters. The first-order chi connectivity index (χ1) is 9.86. The van der Waals surface area contributed by atoms with E-state index in [9.17, 15) is 14.7 Å². The van der Waals surface area contributed by atoms with Gasteiger partial charge in [-0.25, -0.2) is 4.79 Å². The molecule has 6 heteroatoms. The highest BCUT2D eigenvalue weighted by molar-refractivity contribution is 9.10. The largest absolute Gasteiger partial charge is 0.479 e. The molecule has 1 aromatic rings. The first kappa shape index (κ1) is 16.3. The van der Waals surface area contributed by atoms with Crippen molar-refractivity contribution < 1.29 is 14.7 Å². The third-order valence-electron chi connectivity index (χ3n) is 4.19. The SMILES string of the molecule is CC1CCCCC1(NC(=O)c1cc(Br)ccc1Cl)C(=O)O. The van der Waals surface area contributed by atoms with Gasteiger partial charge in [0.05, 0.1) is 10.6 Å². The second-order valence-electron chi connectivity index (χ2n) is 5.50. The zero-order valence-electron chi connectivity index (χ0n) is 11.7. The van der Waals surface area contributed by atoms with Crippen LogP contribution in [0.25, 0.3) is 0 Å². The third-order valence-corrected chi connectivity index (χ3v) is 5.01. The number of nitrogens with one attached hydrogen (secondary N) is 1. The smallest absolute Gasteiger partial charge is 0.329 e. The summed E-state index contributed by atoms with van der Waals surface area (Å²) >= 11 is 9.33. The number of hydrogen-bond acceptors (Lipinski definition) is 2. The maximum absolute atomic E-state index is 12.5. The van der Waals surface area contributed by atoms with E-state index < -0.39 is 17.4 Å².